The van der Waals surface area contributed by atoms with Gasteiger partial charge < -0.3 is 15.4 Å². The first-order valence-corrected chi connectivity index (χ1v) is 7.29. The molecular weight excluding hydrogens is 300 g/mol. The number of carbonyl (C=O) groups is 4. The van der Waals surface area contributed by atoms with Crippen molar-refractivity contribution < 1.29 is 23.9 Å². The molecule has 2 rings (SSSR count). The molecule has 1 fully saturated rings. The highest BCUT2D eigenvalue weighted by Crippen LogP contribution is 2.16. The SMILES string of the molecule is CC(=O)c1ccccc1NC(=O)[C@H](C)OC(=O)[C@H]1CCC(=O)N1. The third-order valence-electron chi connectivity index (χ3n) is 3.51. The summed E-state index contributed by atoms with van der Waals surface area (Å²) in [7, 11) is 0. The molecule has 0 radical (unpaired) electrons. The topological polar surface area (TPSA) is 102 Å². The molecule has 1 aliphatic heterocycles. The van der Waals surface area contributed by atoms with Gasteiger partial charge in [0.2, 0.25) is 5.91 Å². The molecule has 0 unspecified atom stereocenters. The van der Waals surface area contributed by atoms with Gasteiger partial charge in [0.05, 0.1) is 5.69 Å². The second kappa shape index (κ2) is 7.04. The molecule has 0 aliphatic carbocycles. The molecule has 7 heteroatoms. The van der Waals surface area contributed by atoms with Crippen LogP contribution in [0.3, 0.4) is 0 Å². The Balaban J connectivity index is 1.96. The number of ether oxygens (including phenoxy) is 1. The number of ketones is 1. The third kappa shape index (κ3) is 4.15. The predicted octanol–water partition coefficient (Wildman–Crippen LogP) is 1.04. The minimum Gasteiger partial charge on any atom is -0.451 e. The number of benzene rings is 1. The highest BCUT2D eigenvalue weighted by molar-refractivity contribution is 6.04. The Kier molecular flexibility index (Phi) is 5.10. The van der Waals surface area contributed by atoms with Crippen LogP contribution < -0.4 is 10.6 Å². The first-order chi connectivity index (χ1) is 10.9. The van der Waals surface area contributed by atoms with Crippen molar-refractivity contribution in [3.8, 4) is 0 Å². The molecular formula is C16H18N2O5. The molecule has 2 atom stereocenters. The van der Waals surface area contributed by atoms with Crippen LogP contribution in [-0.4, -0.2) is 35.7 Å². The Hall–Kier alpha value is -2.70. The van der Waals surface area contributed by atoms with E-state index in [1.165, 1.54) is 13.8 Å². The van der Waals surface area contributed by atoms with Crippen LogP contribution in [0.4, 0.5) is 5.69 Å². The zero-order chi connectivity index (χ0) is 17.0. The van der Waals surface area contributed by atoms with Gasteiger partial charge in [0.25, 0.3) is 5.91 Å². The van der Waals surface area contributed by atoms with Crippen LogP contribution >= 0.6 is 0 Å². The average molecular weight is 318 g/mol. The zero-order valence-corrected chi connectivity index (χ0v) is 12.9. The van der Waals surface area contributed by atoms with Crippen molar-refractivity contribution in [1.82, 2.24) is 5.32 Å². The maximum Gasteiger partial charge on any atom is 0.329 e. The Bertz CT molecular complexity index is 656. The smallest absolute Gasteiger partial charge is 0.329 e. The summed E-state index contributed by atoms with van der Waals surface area (Å²) in [6.45, 7) is 2.83. The Labute approximate surface area is 133 Å². The van der Waals surface area contributed by atoms with E-state index in [9.17, 15) is 19.2 Å². The minimum absolute atomic E-state index is 0.181. The fourth-order valence-corrected chi connectivity index (χ4v) is 2.23. The minimum atomic E-state index is -1.04. The molecule has 2 amide bonds. The molecule has 0 spiro atoms. The normalized spacial score (nSPS) is 18.0. The first kappa shape index (κ1) is 16.7. The number of hydrogen-bond acceptors (Lipinski definition) is 5. The lowest BCUT2D eigenvalue weighted by Crippen LogP contribution is -2.39. The molecule has 1 aromatic rings. The van der Waals surface area contributed by atoms with E-state index in [1.807, 2.05) is 0 Å². The van der Waals surface area contributed by atoms with Crippen LogP contribution in [-0.2, 0) is 19.1 Å². The van der Waals surface area contributed by atoms with Crippen molar-refractivity contribution >= 4 is 29.3 Å². The van der Waals surface area contributed by atoms with Crippen molar-refractivity contribution in [3.05, 3.63) is 29.8 Å². The first-order valence-electron chi connectivity index (χ1n) is 7.29. The maximum atomic E-state index is 12.1. The van der Waals surface area contributed by atoms with Crippen LogP contribution in [0.2, 0.25) is 0 Å². The number of esters is 1. The van der Waals surface area contributed by atoms with Gasteiger partial charge in [0, 0.05) is 12.0 Å². The number of nitrogens with one attached hydrogen (secondary N) is 2. The summed E-state index contributed by atoms with van der Waals surface area (Å²) in [4.78, 5) is 46.6. The summed E-state index contributed by atoms with van der Waals surface area (Å²) in [5.41, 5.74) is 0.740. The van der Waals surface area contributed by atoms with E-state index in [0.717, 1.165) is 0 Å². The number of amides is 2. The van der Waals surface area contributed by atoms with Gasteiger partial charge in [-0.25, -0.2) is 4.79 Å². The summed E-state index contributed by atoms with van der Waals surface area (Å²) in [5.74, 6) is -1.58. The van der Waals surface area contributed by atoms with Gasteiger partial charge in [-0.15, -0.1) is 0 Å². The molecule has 0 bridgehead atoms. The van der Waals surface area contributed by atoms with E-state index in [1.54, 1.807) is 24.3 Å². The largest absolute Gasteiger partial charge is 0.451 e. The molecule has 122 valence electrons. The quantitative estimate of drug-likeness (QED) is 0.624. The van der Waals surface area contributed by atoms with Gasteiger partial charge in [-0.3, -0.25) is 14.4 Å². The van der Waals surface area contributed by atoms with Gasteiger partial charge in [0.1, 0.15) is 6.04 Å². The summed E-state index contributed by atoms with van der Waals surface area (Å²) in [5, 5.41) is 5.05. The van der Waals surface area contributed by atoms with Crippen molar-refractivity contribution in [2.75, 3.05) is 5.32 Å². The fraction of sp³-hybridized carbons (Fsp3) is 0.375. The van der Waals surface area contributed by atoms with E-state index in [2.05, 4.69) is 10.6 Å². The Morgan fingerprint density at radius 2 is 2.00 bits per heavy atom. The second-order valence-corrected chi connectivity index (χ2v) is 5.33. The van der Waals surface area contributed by atoms with Crippen LogP contribution in [0.15, 0.2) is 24.3 Å². The molecule has 1 aliphatic rings. The van der Waals surface area contributed by atoms with E-state index < -0.39 is 24.0 Å². The monoisotopic (exact) mass is 318 g/mol. The standard InChI is InChI=1S/C16H18N2O5/c1-9(19)11-5-3-4-6-12(11)18-15(21)10(2)23-16(22)13-7-8-14(20)17-13/h3-6,10,13H,7-8H2,1-2H3,(H,17,20)(H,18,21)/t10-,13+/m0/s1. The molecule has 7 nitrogen and oxygen atoms in total. The molecule has 23 heavy (non-hydrogen) atoms. The molecule has 1 heterocycles. The van der Waals surface area contributed by atoms with Crippen molar-refractivity contribution in [2.24, 2.45) is 0 Å². The molecule has 0 saturated carbocycles. The molecule has 1 saturated heterocycles. The van der Waals surface area contributed by atoms with Crippen LogP contribution in [0.5, 0.6) is 0 Å². The van der Waals surface area contributed by atoms with Gasteiger partial charge in [0.15, 0.2) is 11.9 Å². The number of rotatable bonds is 5. The Morgan fingerprint density at radius 1 is 1.30 bits per heavy atom. The number of Topliss-reactive ketones (excluding diaryl/α,β-unsaturated/α-hetero) is 1. The number of hydrogen-bond donors (Lipinski definition) is 2. The van der Waals surface area contributed by atoms with Crippen molar-refractivity contribution in [1.29, 1.82) is 0 Å². The second-order valence-electron chi connectivity index (χ2n) is 5.33. The zero-order valence-electron chi connectivity index (χ0n) is 12.9. The summed E-state index contributed by atoms with van der Waals surface area (Å²) >= 11 is 0. The molecule has 0 aromatic heterocycles. The highest BCUT2D eigenvalue weighted by Gasteiger charge is 2.31. The lowest BCUT2D eigenvalue weighted by Gasteiger charge is -2.17. The van der Waals surface area contributed by atoms with Gasteiger partial charge in [-0.05, 0) is 32.4 Å². The highest BCUT2D eigenvalue weighted by atomic mass is 16.5. The van der Waals surface area contributed by atoms with Crippen LogP contribution in [0.25, 0.3) is 0 Å². The van der Waals surface area contributed by atoms with E-state index >= 15 is 0 Å². The fourth-order valence-electron chi connectivity index (χ4n) is 2.23. The predicted molar refractivity (Wildman–Crippen MR) is 81.8 cm³/mol. The van der Waals surface area contributed by atoms with Crippen molar-refractivity contribution in [2.45, 2.75) is 38.8 Å². The Morgan fingerprint density at radius 3 is 2.61 bits per heavy atom. The third-order valence-corrected chi connectivity index (χ3v) is 3.51. The average Bonchev–Trinajstić information content (AvgIpc) is 2.94. The summed E-state index contributed by atoms with van der Waals surface area (Å²) < 4.78 is 5.07. The van der Waals surface area contributed by atoms with E-state index in [4.69, 9.17) is 4.74 Å². The van der Waals surface area contributed by atoms with Crippen molar-refractivity contribution in [3.63, 3.8) is 0 Å². The number of para-hydroxylation sites is 1. The van der Waals surface area contributed by atoms with Gasteiger partial charge in [-0.2, -0.15) is 0 Å². The van der Waals surface area contributed by atoms with Crippen LogP contribution in [0.1, 0.15) is 37.0 Å². The summed E-state index contributed by atoms with van der Waals surface area (Å²) in [6, 6.07) is 5.87. The molecule has 1 aromatic carbocycles. The lowest BCUT2D eigenvalue weighted by atomic mass is 10.1. The number of anilines is 1. The maximum absolute atomic E-state index is 12.1. The van der Waals surface area contributed by atoms with E-state index in [0.29, 0.717) is 17.7 Å². The van der Waals surface area contributed by atoms with Crippen LogP contribution in [0, 0.1) is 0 Å². The number of carbonyl (C=O) groups excluding carboxylic acids is 4. The summed E-state index contributed by atoms with van der Waals surface area (Å²) in [6.07, 6.45) is -0.411. The molecule has 2 N–H and O–H groups in total. The van der Waals surface area contributed by atoms with E-state index in [-0.39, 0.29) is 18.1 Å². The lowest BCUT2D eigenvalue weighted by molar-refractivity contribution is -0.155. The van der Waals surface area contributed by atoms with Gasteiger partial charge in [-0.1, -0.05) is 12.1 Å². The van der Waals surface area contributed by atoms with Gasteiger partial charge >= 0.3 is 5.97 Å².